The molecule has 1 aromatic heterocycles. The first-order chi connectivity index (χ1) is 10.6. The zero-order chi connectivity index (χ0) is 15.7. The second-order valence-electron chi connectivity index (χ2n) is 5.88. The molecule has 1 aliphatic carbocycles. The Morgan fingerprint density at radius 1 is 1.45 bits per heavy atom. The van der Waals surface area contributed by atoms with Crippen LogP contribution in [0.5, 0.6) is 0 Å². The first kappa shape index (κ1) is 14.7. The van der Waals surface area contributed by atoms with Gasteiger partial charge in [-0.05, 0) is 44.0 Å². The van der Waals surface area contributed by atoms with E-state index in [-0.39, 0.29) is 5.56 Å². The average Bonchev–Trinajstić information content (AvgIpc) is 3.29. The highest BCUT2D eigenvalue weighted by molar-refractivity contribution is 5.93. The predicted molar refractivity (Wildman–Crippen MR) is 82.8 cm³/mol. The summed E-state index contributed by atoms with van der Waals surface area (Å²) in [4.78, 5) is 33.2. The highest BCUT2D eigenvalue weighted by Crippen LogP contribution is 2.29. The number of H-pyrrole nitrogens is 1. The minimum Gasteiger partial charge on any atom is -0.465 e. The topological polar surface area (TPSA) is 75.3 Å². The molecule has 2 aromatic rings. The summed E-state index contributed by atoms with van der Waals surface area (Å²) < 4.78 is 4.70. The van der Waals surface area contributed by atoms with Crippen molar-refractivity contribution in [1.29, 1.82) is 0 Å². The molecular formula is C16H19N3O3. The van der Waals surface area contributed by atoms with Gasteiger partial charge in [0.25, 0.3) is 5.56 Å². The van der Waals surface area contributed by atoms with Crippen LogP contribution in [0, 0.1) is 5.92 Å². The molecule has 1 N–H and O–H groups in total. The number of carbonyl (C=O) groups excluding carboxylic acids is 1. The number of carbonyl (C=O) groups is 1. The molecule has 0 saturated heterocycles. The molecule has 6 heteroatoms. The first-order valence-electron chi connectivity index (χ1n) is 7.36. The fraction of sp³-hybridized carbons (Fsp3) is 0.438. The summed E-state index contributed by atoms with van der Waals surface area (Å²) >= 11 is 0. The quantitative estimate of drug-likeness (QED) is 0.848. The number of fused-ring (bicyclic) bond motifs is 1. The molecule has 0 radical (unpaired) electrons. The van der Waals surface area contributed by atoms with E-state index in [9.17, 15) is 9.59 Å². The van der Waals surface area contributed by atoms with Crippen molar-refractivity contribution in [2.24, 2.45) is 5.92 Å². The zero-order valence-electron chi connectivity index (χ0n) is 12.8. The number of esters is 1. The molecule has 0 spiro atoms. The van der Waals surface area contributed by atoms with E-state index in [1.165, 1.54) is 20.0 Å². The molecular weight excluding hydrogens is 282 g/mol. The van der Waals surface area contributed by atoms with E-state index < -0.39 is 5.97 Å². The first-order valence-corrected chi connectivity index (χ1v) is 7.36. The van der Waals surface area contributed by atoms with Crippen molar-refractivity contribution in [2.75, 3.05) is 20.7 Å². The number of nitrogens with one attached hydrogen (secondary N) is 1. The van der Waals surface area contributed by atoms with Gasteiger partial charge in [-0.25, -0.2) is 9.78 Å². The van der Waals surface area contributed by atoms with Crippen molar-refractivity contribution in [3.63, 3.8) is 0 Å². The molecule has 1 fully saturated rings. The number of aromatic nitrogens is 2. The van der Waals surface area contributed by atoms with Crippen molar-refractivity contribution >= 4 is 16.9 Å². The third-order valence-corrected chi connectivity index (χ3v) is 3.86. The molecule has 0 unspecified atom stereocenters. The molecule has 1 aliphatic rings. The molecule has 1 aromatic carbocycles. The van der Waals surface area contributed by atoms with E-state index in [0.717, 1.165) is 12.5 Å². The van der Waals surface area contributed by atoms with Crippen LogP contribution >= 0.6 is 0 Å². The summed E-state index contributed by atoms with van der Waals surface area (Å²) in [7, 11) is 3.35. The summed E-state index contributed by atoms with van der Waals surface area (Å²) in [6.45, 7) is 1.61. The van der Waals surface area contributed by atoms with E-state index in [4.69, 9.17) is 4.74 Å². The number of rotatable bonds is 5. The highest BCUT2D eigenvalue weighted by atomic mass is 16.5. The summed E-state index contributed by atoms with van der Waals surface area (Å²) in [6, 6.07) is 4.77. The summed E-state index contributed by atoms with van der Waals surface area (Å²) in [5.74, 6) is 0.960. The van der Waals surface area contributed by atoms with Crippen molar-refractivity contribution < 1.29 is 9.53 Å². The van der Waals surface area contributed by atoms with Gasteiger partial charge < -0.3 is 9.72 Å². The standard InChI is InChI=1S/C16H19N3O3/c1-19(8-10-3-4-10)9-14-17-13-7-11(16(21)22-2)5-6-12(13)15(20)18-14/h5-7,10H,3-4,8-9H2,1-2H3,(H,17,18,20). The van der Waals surface area contributed by atoms with Crippen LogP contribution in [0.2, 0.25) is 0 Å². The maximum absolute atomic E-state index is 12.1. The molecule has 0 aliphatic heterocycles. The molecule has 6 nitrogen and oxygen atoms in total. The summed E-state index contributed by atoms with van der Waals surface area (Å²) in [5, 5.41) is 0.473. The molecule has 0 atom stereocenters. The maximum Gasteiger partial charge on any atom is 0.337 e. The Morgan fingerprint density at radius 2 is 2.23 bits per heavy atom. The van der Waals surface area contributed by atoms with Gasteiger partial charge >= 0.3 is 5.97 Å². The number of aromatic amines is 1. The van der Waals surface area contributed by atoms with Gasteiger partial charge in [0.2, 0.25) is 0 Å². The lowest BCUT2D eigenvalue weighted by atomic mass is 10.1. The van der Waals surface area contributed by atoms with Crippen molar-refractivity contribution in [3.8, 4) is 0 Å². The second kappa shape index (κ2) is 5.88. The smallest absolute Gasteiger partial charge is 0.337 e. The molecule has 22 heavy (non-hydrogen) atoms. The van der Waals surface area contributed by atoms with Crippen molar-refractivity contribution in [2.45, 2.75) is 19.4 Å². The van der Waals surface area contributed by atoms with Crippen LogP contribution in [0.25, 0.3) is 10.9 Å². The Hall–Kier alpha value is -2.21. The van der Waals surface area contributed by atoms with Gasteiger partial charge in [-0.3, -0.25) is 9.69 Å². The van der Waals surface area contributed by atoms with Crippen LogP contribution < -0.4 is 5.56 Å². The van der Waals surface area contributed by atoms with Gasteiger partial charge in [-0.15, -0.1) is 0 Å². The highest BCUT2D eigenvalue weighted by Gasteiger charge is 2.23. The number of ether oxygens (including phenoxy) is 1. The van der Waals surface area contributed by atoms with Gasteiger partial charge in [0.15, 0.2) is 0 Å². The van der Waals surface area contributed by atoms with E-state index in [1.54, 1.807) is 18.2 Å². The Kier molecular flexibility index (Phi) is 3.94. The van der Waals surface area contributed by atoms with E-state index >= 15 is 0 Å². The third-order valence-electron chi connectivity index (χ3n) is 3.86. The number of hydrogen-bond acceptors (Lipinski definition) is 5. The number of benzene rings is 1. The molecule has 3 rings (SSSR count). The molecule has 1 heterocycles. The summed E-state index contributed by atoms with van der Waals surface area (Å²) in [5.41, 5.74) is 0.725. The fourth-order valence-electron chi connectivity index (χ4n) is 2.57. The molecule has 116 valence electrons. The van der Waals surface area contributed by atoms with Crippen LogP contribution in [0.1, 0.15) is 29.0 Å². The number of methoxy groups -OCH3 is 1. The van der Waals surface area contributed by atoms with Crippen LogP contribution in [-0.2, 0) is 11.3 Å². The monoisotopic (exact) mass is 301 g/mol. The van der Waals surface area contributed by atoms with Crippen LogP contribution in [0.15, 0.2) is 23.0 Å². The summed E-state index contributed by atoms with van der Waals surface area (Å²) in [6.07, 6.45) is 2.57. The third kappa shape index (κ3) is 3.17. The van der Waals surface area contributed by atoms with Gasteiger partial charge in [0.1, 0.15) is 5.82 Å². The lowest BCUT2D eigenvalue weighted by Crippen LogP contribution is -2.24. The van der Waals surface area contributed by atoms with Gasteiger partial charge in [0, 0.05) is 6.54 Å². The minimum absolute atomic E-state index is 0.184. The van der Waals surface area contributed by atoms with Crippen molar-refractivity contribution in [3.05, 3.63) is 39.9 Å². The van der Waals surface area contributed by atoms with E-state index in [2.05, 4.69) is 14.9 Å². The molecule has 0 bridgehead atoms. The molecule has 1 saturated carbocycles. The van der Waals surface area contributed by atoms with E-state index in [1.807, 2.05) is 7.05 Å². The van der Waals surface area contributed by atoms with Crippen LogP contribution in [0.3, 0.4) is 0 Å². The zero-order valence-corrected chi connectivity index (χ0v) is 12.8. The maximum atomic E-state index is 12.1. The number of nitrogens with zero attached hydrogens (tertiary/aromatic N) is 2. The molecule has 0 amide bonds. The average molecular weight is 301 g/mol. The second-order valence-corrected chi connectivity index (χ2v) is 5.88. The Labute approximate surface area is 128 Å². The minimum atomic E-state index is -0.434. The lowest BCUT2D eigenvalue weighted by molar-refractivity contribution is 0.0601. The fourth-order valence-corrected chi connectivity index (χ4v) is 2.57. The lowest BCUT2D eigenvalue weighted by Gasteiger charge is -2.15. The van der Waals surface area contributed by atoms with Crippen LogP contribution in [-0.4, -0.2) is 41.5 Å². The predicted octanol–water partition coefficient (Wildman–Crippen LogP) is 1.55. The van der Waals surface area contributed by atoms with Gasteiger partial charge in [-0.2, -0.15) is 0 Å². The Balaban J connectivity index is 1.90. The Bertz CT molecular complexity index is 765. The van der Waals surface area contributed by atoms with E-state index in [0.29, 0.717) is 28.8 Å². The van der Waals surface area contributed by atoms with Crippen molar-refractivity contribution in [1.82, 2.24) is 14.9 Å². The Morgan fingerprint density at radius 3 is 2.91 bits per heavy atom. The van der Waals surface area contributed by atoms with Gasteiger partial charge in [-0.1, -0.05) is 0 Å². The van der Waals surface area contributed by atoms with Crippen LogP contribution in [0.4, 0.5) is 0 Å². The SMILES string of the molecule is COC(=O)c1ccc2c(=O)[nH]c(CN(C)CC3CC3)nc2c1. The van der Waals surface area contributed by atoms with Gasteiger partial charge in [0.05, 0.1) is 30.1 Å². The largest absolute Gasteiger partial charge is 0.465 e. The number of hydrogen-bond donors (Lipinski definition) is 1. The normalized spacial score (nSPS) is 14.5.